The van der Waals surface area contributed by atoms with Crippen molar-refractivity contribution in [1.29, 1.82) is 0 Å². The zero-order valence-corrected chi connectivity index (χ0v) is 8.91. The molecule has 0 aliphatic carbocycles. The fraction of sp³-hybridized carbons (Fsp3) is 0.0909. The van der Waals surface area contributed by atoms with Gasteiger partial charge in [-0.15, -0.1) is 11.3 Å². The highest BCUT2D eigenvalue weighted by molar-refractivity contribution is 7.13. The molecule has 76 valence electrons. The van der Waals surface area contributed by atoms with E-state index in [1.54, 1.807) is 23.8 Å². The van der Waals surface area contributed by atoms with Crippen molar-refractivity contribution < 1.29 is 9.90 Å². The van der Waals surface area contributed by atoms with Gasteiger partial charge in [0.05, 0.1) is 16.0 Å². The molecule has 3 nitrogen and oxygen atoms in total. The summed E-state index contributed by atoms with van der Waals surface area (Å²) < 4.78 is 0. The first-order chi connectivity index (χ1) is 7.20. The van der Waals surface area contributed by atoms with Gasteiger partial charge in [-0.25, -0.2) is 4.79 Å². The first-order valence-electron chi connectivity index (χ1n) is 4.42. The van der Waals surface area contributed by atoms with Crippen molar-refractivity contribution in [3.63, 3.8) is 0 Å². The summed E-state index contributed by atoms with van der Waals surface area (Å²) in [6.45, 7) is 1.82. The van der Waals surface area contributed by atoms with Crippen molar-refractivity contribution in [3.05, 3.63) is 41.0 Å². The number of aromatic nitrogens is 1. The van der Waals surface area contributed by atoms with Gasteiger partial charge >= 0.3 is 5.97 Å². The van der Waals surface area contributed by atoms with Crippen molar-refractivity contribution in [3.8, 4) is 10.4 Å². The Morgan fingerprint density at radius 2 is 2.27 bits per heavy atom. The summed E-state index contributed by atoms with van der Waals surface area (Å²) in [5.41, 5.74) is 3.81. The maximum Gasteiger partial charge on any atom is 0.335 e. The van der Waals surface area contributed by atoms with Gasteiger partial charge in [-0.2, -0.15) is 0 Å². The van der Waals surface area contributed by atoms with Crippen LogP contribution in [0, 0.1) is 6.92 Å². The zero-order chi connectivity index (χ0) is 10.8. The summed E-state index contributed by atoms with van der Waals surface area (Å²) in [5.74, 6) is -0.890. The highest BCUT2D eigenvalue weighted by atomic mass is 32.1. The molecule has 0 saturated heterocycles. The third kappa shape index (κ3) is 1.76. The van der Waals surface area contributed by atoms with Crippen molar-refractivity contribution in [1.82, 2.24) is 4.98 Å². The summed E-state index contributed by atoms with van der Waals surface area (Å²) in [6.07, 6.45) is 1.75. The normalized spacial score (nSPS) is 10.2. The predicted molar refractivity (Wildman–Crippen MR) is 59.2 cm³/mol. The van der Waals surface area contributed by atoms with Crippen LogP contribution in [0.3, 0.4) is 0 Å². The second kappa shape index (κ2) is 3.82. The average Bonchev–Trinajstić information content (AvgIpc) is 2.70. The van der Waals surface area contributed by atoms with E-state index in [0.29, 0.717) is 5.56 Å². The van der Waals surface area contributed by atoms with Crippen LogP contribution in [0.4, 0.5) is 0 Å². The Kier molecular flexibility index (Phi) is 2.51. The van der Waals surface area contributed by atoms with Crippen LogP contribution in [0.2, 0.25) is 0 Å². The Bertz CT molecular complexity index is 491. The molecule has 1 heterocycles. The first-order valence-corrected chi connectivity index (χ1v) is 5.30. The average molecular weight is 219 g/mol. The quantitative estimate of drug-likeness (QED) is 0.844. The van der Waals surface area contributed by atoms with Gasteiger partial charge in [-0.05, 0) is 24.1 Å². The molecule has 15 heavy (non-hydrogen) atoms. The Hall–Kier alpha value is -1.68. The molecule has 0 saturated carbocycles. The van der Waals surface area contributed by atoms with E-state index < -0.39 is 5.97 Å². The number of nitrogens with zero attached hydrogens (tertiary/aromatic N) is 1. The van der Waals surface area contributed by atoms with E-state index in [1.807, 2.05) is 13.0 Å². The summed E-state index contributed by atoms with van der Waals surface area (Å²) >= 11 is 1.51. The van der Waals surface area contributed by atoms with Crippen LogP contribution in [0.15, 0.2) is 29.9 Å². The molecule has 4 heteroatoms. The van der Waals surface area contributed by atoms with Crippen molar-refractivity contribution in [2.24, 2.45) is 0 Å². The van der Waals surface area contributed by atoms with Gasteiger partial charge < -0.3 is 5.11 Å². The molecule has 2 aromatic rings. The van der Waals surface area contributed by atoms with E-state index in [9.17, 15) is 4.79 Å². The number of aromatic carboxylic acids is 1. The fourth-order valence-corrected chi connectivity index (χ4v) is 2.19. The SMILES string of the molecule is Cc1c(C(=O)O)cccc1-c1cncs1. The van der Waals surface area contributed by atoms with E-state index in [0.717, 1.165) is 16.0 Å². The van der Waals surface area contributed by atoms with Crippen LogP contribution in [-0.2, 0) is 0 Å². The number of rotatable bonds is 2. The van der Waals surface area contributed by atoms with Gasteiger partial charge in [0.2, 0.25) is 0 Å². The number of carboxylic acids is 1. The Labute approximate surface area is 91.0 Å². The largest absolute Gasteiger partial charge is 0.478 e. The lowest BCUT2D eigenvalue weighted by Gasteiger charge is -2.05. The highest BCUT2D eigenvalue weighted by Crippen LogP contribution is 2.28. The van der Waals surface area contributed by atoms with Gasteiger partial charge in [-0.1, -0.05) is 12.1 Å². The lowest BCUT2D eigenvalue weighted by atomic mass is 10.0. The third-order valence-electron chi connectivity index (χ3n) is 2.26. The van der Waals surface area contributed by atoms with E-state index >= 15 is 0 Å². The molecule has 0 aliphatic rings. The molecule has 0 bridgehead atoms. The summed E-state index contributed by atoms with van der Waals surface area (Å²) in [4.78, 5) is 15.9. The molecular weight excluding hydrogens is 210 g/mol. The van der Waals surface area contributed by atoms with Gasteiger partial charge in [0.15, 0.2) is 0 Å². The van der Waals surface area contributed by atoms with Crippen LogP contribution in [0.1, 0.15) is 15.9 Å². The molecular formula is C11H9NO2S. The minimum Gasteiger partial charge on any atom is -0.478 e. The Morgan fingerprint density at radius 3 is 2.87 bits per heavy atom. The number of carbonyl (C=O) groups is 1. The van der Waals surface area contributed by atoms with Crippen molar-refractivity contribution in [2.75, 3.05) is 0 Å². The number of hydrogen-bond acceptors (Lipinski definition) is 3. The third-order valence-corrected chi connectivity index (χ3v) is 3.07. The lowest BCUT2D eigenvalue weighted by molar-refractivity contribution is 0.0696. The molecule has 1 aromatic heterocycles. The second-order valence-electron chi connectivity index (χ2n) is 3.15. The van der Waals surface area contributed by atoms with Crippen molar-refractivity contribution in [2.45, 2.75) is 6.92 Å². The lowest BCUT2D eigenvalue weighted by Crippen LogP contribution is -2.00. The van der Waals surface area contributed by atoms with Crippen LogP contribution < -0.4 is 0 Å². The molecule has 0 atom stereocenters. The summed E-state index contributed by atoms with van der Waals surface area (Å²) in [6, 6.07) is 5.28. The van der Waals surface area contributed by atoms with E-state index in [2.05, 4.69) is 4.98 Å². The number of carboxylic acid groups (broad SMARTS) is 1. The van der Waals surface area contributed by atoms with E-state index in [4.69, 9.17) is 5.11 Å². The molecule has 0 spiro atoms. The van der Waals surface area contributed by atoms with Gasteiger partial charge in [-0.3, -0.25) is 4.98 Å². The smallest absolute Gasteiger partial charge is 0.335 e. The maximum atomic E-state index is 10.9. The molecule has 0 radical (unpaired) electrons. The van der Waals surface area contributed by atoms with Crippen LogP contribution in [-0.4, -0.2) is 16.1 Å². The molecule has 1 aromatic carbocycles. The van der Waals surface area contributed by atoms with Crippen LogP contribution in [0.5, 0.6) is 0 Å². The molecule has 1 N–H and O–H groups in total. The predicted octanol–water partition coefficient (Wildman–Crippen LogP) is 2.82. The molecule has 0 amide bonds. The first kappa shape index (κ1) is 9.86. The molecule has 0 unspecified atom stereocenters. The topological polar surface area (TPSA) is 50.2 Å². The van der Waals surface area contributed by atoms with Gasteiger partial charge in [0.1, 0.15) is 0 Å². The number of thiazole rings is 1. The van der Waals surface area contributed by atoms with Gasteiger partial charge in [0.25, 0.3) is 0 Å². The zero-order valence-electron chi connectivity index (χ0n) is 8.10. The molecule has 2 rings (SSSR count). The van der Waals surface area contributed by atoms with Crippen LogP contribution in [0.25, 0.3) is 10.4 Å². The van der Waals surface area contributed by atoms with E-state index in [1.165, 1.54) is 11.3 Å². The van der Waals surface area contributed by atoms with Crippen molar-refractivity contribution >= 4 is 17.3 Å². The number of benzene rings is 1. The Balaban J connectivity index is 2.59. The standard InChI is InChI=1S/C11H9NO2S/c1-7-8(10-5-12-6-15-10)3-2-4-9(7)11(13)14/h2-6H,1H3,(H,13,14). The summed E-state index contributed by atoms with van der Waals surface area (Å²) in [5, 5.41) is 8.98. The minimum absolute atomic E-state index is 0.348. The monoisotopic (exact) mass is 219 g/mol. The van der Waals surface area contributed by atoms with Gasteiger partial charge in [0, 0.05) is 6.20 Å². The maximum absolute atomic E-state index is 10.9. The second-order valence-corrected chi connectivity index (χ2v) is 4.04. The Morgan fingerprint density at radius 1 is 1.47 bits per heavy atom. The molecule has 0 aliphatic heterocycles. The fourth-order valence-electron chi connectivity index (χ4n) is 1.48. The van der Waals surface area contributed by atoms with Crippen LogP contribution >= 0.6 is 11.3 Å². The minimum atomic E-state index is -0.890. The highest BCUT2D eigenvalue weighted by Gasteiger charge is 2.11. The summed E-state index contributed by atoms with van der Waals surface area (Å²) in [7, 11) is 0. The molecule has 0 fully saturated rings. The van der Waals surface area contributed by atoms with E-state index in [-0.39, 0.29) is 0 Å². The number of hydrogen-bond donors (Lipinski definition) is 1.